The molecule has 0 aliphatic heterocycles. The summed E-state index contributed by atoms with van der Waals surface area (Å²) in [4.78, 5) is -1.04. The molecule has 1 aromatic heterocycles. The van der Waals surface area contributed by atoms with Gasteiger partial charge in [0.05, 0.1) is 11.1 Å². The van der Waals surface area contributed by atoms with Crippen LogP contribution < -0.4 is 0 Å². The summed E-state index contributed by atoms with van der Waals surface area (Å²) < 4.78 is 79.9. The van der Waals surface area contributed by atoms with Gasteiger partial charge in [0.25, 0.3) is 9.84 Å². The zero-order valence-corrected chi connectivity index (χ0v) is 10.8. The number of halogens is 4. The summed E-state index contributed by atoms with van der Waals surface area (Å²) in [6, 6.07) is 1.22. The van der Waals surface area contributed by atoms with Crippen LogP contribution in [0.2, 0.25) is 0 Å². The lowest BCUT2D eigenvalue weighted by Crippen LogP contribution is -2.23. The third kappa shape index (κ3) is 2.14. The van der Waals surface area contributed by atoms with Crippen LogP contribution in [0.25, 0.3) is 10.9 Å². The normalized spacial score (nSPS) is 13.1. The van der Waals surface area contributed by atoms with E-state index in [4.69, 9.17) is 4.74 Å². The Morgan fingerprint density at radius 1 is 1.35 bits per heavy atom. The standard InChI is InChI=1S/C10H8F4N2O3S/c1-19-5-16-9-6(4-15-16)8(3-2-7(9)11)20(17,18)10(12,13)14/h2-4H,5H2,1H3. The van der Waals surface area contributed by atoms with Crippen molar-refractivity contribution in [1.82, 2.24) is 9.78 Å². The number of rotatable bonds is 3. The summed E-state index contributed by atoms with van der Waals surface area (Å²) in [5, 5.41) is 3.18. The smallest absolute Gasteiger partial charge is 0.362 e. The highest BCUT2D eigenvalue weighted by molar-refractivity contribution is 7.92. The van der Waals surface area contributed by atoms with E-state index in [-0.39, 0.29) is 12.2 Å². The molecule has 2 rings (SSSR count). The van der Waals surface area contributed by atoms with Crippen LogP contribution in [-0.2, 0) is 21.3 Å². The molecule has 20 heavy (non-hydrogen) atoms. The minimum absolute atomic E-state index is 0.226. The van der Waals surface area contributed by atoms with Gasteiger partial charge in [0.1, 0.15) is 18.1 Å². The van der Waals surface area contributed by atoms with Gasteiger partial charge in [0.2, 0.25) is 0 Å². The van der Waals surface area contributed by atoms with Crippen molar-refractivity contribution in [2.45, 2.75) is 17.1 Å². The van der Waals surface area contributed by atoms with Gasteiger partial charge >= 0.3 is 5.51 Å². The Labute approximate surface area is 110 Å². The largest absolute Gasteiger partial charge is 0.501 e. The lowest BCUT2D eigenvalue weighted by molar-refractivity contribution is -0.0435. The average molecular weight is 312 g/mol. The molecule has 0 saturated heterocycles. The fourth-order valence-electron chi connectivity index (χ4n) is 1.71. The number of alkyl halides is 3. The zero-order chi connectivity index (χ0) is 15.1. The van der Waals surface area contributed by atoms with E-state index < -0.39 is 31.4 Å². The first-order chi connectivity index (χ1) is 9.20. The Hall–Kier alpha value is -1.68. The highest BCUT2D eigenvalue weighted by atomic mass is 32.2. The summed E-state index contributed by atoms with van der Waals surface area (Å²) in [6.07, 6.45) is 0.857. The van der Waals surface area contributed by atoms with Gasteiger partial charge in [-0.2, -0.15) is 18.3 Å². The second kappa shape index (κ2) is 4.70. The third-order valence-electron chi connectivity index (χ3n) is 2.56. The van der Waals surface area contributed by atoms with Crippen LogP contribution in [0.3, 0.4) is 0 Å². The molecule has 0 aliphatic carbocycles. The Bertz CT molecular complexity index is 752. The average Bonchev–Trinajstić information content (AvgIpc) is 2.73. The van der Waals surface area contributed by atoms with Gasteiger partial charge in [0.15, 0.2) is 0 Å². The molecule has 1 heterocycles. The summed E-state index contributed by atoms with van der Waals surface area (Å²) >= 11 is 0. The molecule has 0 aliphatic rings. The van der Waals surface area contributed by atoms with Crippen molar-refractivity contribution >= 4 is 20.7 Å². The summed E-state index contributed by atoms with van der Waals surface area (Å²) in [6.45, 7) is -0.226. The molecular formula is C10H8F4N2O3S. The minimum Gasteiger partial charge on any atom is -0.362 e. The molecule has 2 aromatic rings. The van der Waals surface area contributed by atoms with Crippen molar-refractivity contribution in [3.8, 4) is 0 Å². The predicted molar refractivity (Wildman–Crippen MR) is 59.9 cm³/mol. The SMILES string of the molecule is COCn1ncc2c(S(=O)(=O)C(F)(F)F)ccc(F)c21. The number of nitrogens with zero attached hydrogens (tertiary/aromatic N) is 2. The van der Waals surface area contributed by atoms with E-state index in [2.05, 4.69) is 5.10 Å². The molecule has 10 heteroatoms. The number of hydrogen-bond acceptors (Lipinski definition) is 4. The molecule has 0 radical (unpaired) electrons. The van der Waals surface area contributed by atoms with E-state index in [1.807, 2.05) is 0 Å². The van der Waals surface area contributed by atoms with E-state index in [0.29, 0.717) is 12.1 Å². The first kappa shape index (κ1) is 14.7. The highest BCUT2D eigenvalue weighted by Crippen LogP contribution is 2.35. The van der Waals surface area contributed by atoms with Crippen molar-refractivity contribution in [1.29, 1.82) is 0 Å². The Balaban J connectivity index is 2.79. The van der Waals surface area contributed by atoms with Gasteiger partial charge in [-0.25, -0.2) is 17.5 Å². The van der Waals surface area contributed by atoms with Gasteiger partial charge in [-0.15, -0.1) is 0 Å². The number of methoxy groups -OCH3 is 1. The number of fused-ring (bicyclic) bond motifs is 1. The lowest BCUT2D eigenvalue weighted by Gasteiger charge is -2.09. The Kier molecular flexibility index (Phi) is 3.46. The van der Waals surface area contributed by atoms with Crippen molar-refractivity contribution in [3.63, 3.8) is 0 Å². The minimum atomic E-state index is -5.58. The van der Waals surface area contributed by atoms with Crippen LogP contribution in [0.4, 0.5) is 17.6 Å². The second-order valence-corrected chi connectivity index (χ2v) is 5.73. The summed E-state index contributed by atoms with van der Waals surface area (Å²) in [5.74, 6) is -0.893. The Morgan fingerprint density at radius 2 is 2.00 bits per heavy atom. The van der Waals surface area contributed by atoms with Crippen LogP contribution in [0.15, 0.2) is 23.2 Å². The number of sulfone groups is 1. The van der Waals surface area contributed by atoms with Crippen LogP contribution in [0.5, 0.6) is 0 Å². The van der Waals surface area contributed by atoms with Gasteiger partial charge in [-0.3, -0.25) is 0 Å². The number of ether oxygens (including phenoxy) is 1. The van der Waals surface area contributed by atoms with Crippen LogP contribution >= 0.6 is 0 Å². The molecule has 0 fully saturated rings. The molecule has 1 aromatic carbocycles. The molecular weight excluding hydrogens is 304 g/mol. The third-order valence-corrected chi connectivity index (χ3v) is 4.10. The van der Waals surface area contributed by atoms with Gasteiger partial charge in [-0.1, -0.05) is 0 Å². The fourth-order valence-corrected chi connectivity index (χ4v) is 2.65. The van der Waals surface area contributed by atoms with Crippen molar-refractivity contribution in [2.75, 3.05) is 7.11 Å². The topological polar surface area (TPSA) is 61.2 Å². The van der Waals surface area contributed by atoms with E-state index in [1.54, 1.807) is 0 Å². The van der Waals surface area contributed by atoms with E-state index in [0.717, 1.165) is 10.9 Å². The molecule has 0 amide bonds. The van der Waals surface area contributed by atoms with Crippen molar-refractivity contribution < 1.29 is 30.7 Å². The molecule has 0 spiro atoms. The van der Waals surface area contributed by atoms with E-state index in [9.17, 15) is 26.0 Å². The maximum absolute atomic E-state index is 13.7. The first-order valence-electron chi connectivity index (χ1n) is 5.14. The van der Waals surface area contributed by atoms with Crippen LogP contribution in [0, 0.1) is 5.82 Å². The molecule has 0 saturated carbocycles. The zero-order valence-electron chi connectivity index (χ0n) is 9.98. The summed E-state index contributed by atoms with van der Waals surface area (Å²) in [7, 11) is -4.30. The lowest BCUT2D eigenvalue weighted by atomic mass is 10.2. The summed E-state index contributed by atoms with van der Waals surface area (Å²) in [5.41, 5.74) is -5.83. The van der Waals surface area contributed by atoms with Gasteiger partial charge in [0, 0.05) is 12.5 Å². The molecule has 110 valence electrons. The van der Waals surface area contributed by atoms with Gasteiger partial charge < -0.3 is 4.74 Å². The monoisotopic (exact) mass is 312 g/mol. The number of benzene rings is 1. The molecule has 0 bridgehead atoms. The maximum atomic E-state index is 13.7. The molecule has 0 N–H and O–H groups in total. The fraction of sp³-hybridized carbons (Fsp3) is 0.300. The molecule has 0 unspecified atom stereocenters. The van der Waals surface area contributed by atoms with E-state index in [1.165, 1.54) is 7.11 Å². The van der Waals surface area contributed by atoms with Crippen molar-refractivity contribution in [3.05, 3.63) is 24.1 Å². The Morgan fingerprint density at radius 3 is 2.55 bits per heavy atom. The van der Waals surface area contributed by atoms with Gasteiger partial charge in [-0.05, 0) is 12.1 Å². The molecule has 5 nitrogen and oxygen atoms in total. The van der Waals surface area contributed by atoms with Crippen LogP contribution in [0.1, 0.15) is 0 Å². The molecule has 0 atom stereocenters. The second-order valence-electron chi connectivity index (χ2n) is 3.82. The van der Waals surface area contributed by atoms with E-state index >= 15 is 0 Å². The van der Waals surface area contributed by atoms with Crippen molar-refractivity contribution in [2.24, 2.45) is 0 Å². The maximum Gasteiger partial charge on any atom is 0.501 e. The highest BCUT2D eigenvalue weighted by Gasteiger charge is 2.48. The predicted octanol–water partition coefficient (Wildman–Crippen LogP) is 2.07. The number of aromatic nitrogens is 2. The first-order valence-corrected chi connectivity index (χ1v) is 6.62. The quantitative estimate of drug-likeness (QED) is 0.643. The van der Waals surface area contributed by atoms with Crippen LogP contribution in [-0.4, -0.2) is 30.8 Å². The number of hydrogen-bond donors (Lipinski definition) is 0.